The Balaban J connectivity index is 1.47. The Morgan fingerprint density at radius 2 is 1.91 bits per heavy atom. The number of allylic oxidation sites excluding steroid dienone is 1. The summed E-state index contributed by atoms with van der Waals surface area (Å²) in [5.41, 5.74) is 0.997. The Morgan fingerprint density at radius 1 is 1.09 bits per heavy atom. The van der Waals surface area contributed by atoms with Crippen molar-refractivity contribution in [3.05, 3.63) is 70.3 Å². The van der Waals surface area contributed by atoms with Crippen LogP contribution >= 0.6 is 11.6 Å². The number of nitrogens with zero attached hydrogens (tertiary/aromatic N) is 1. The largest absolute Gasteiger partial charge is 0.497 e. The van der Waals surface area contributed by atoms with Crippen molar-refractivity contribution in [2.24, 2.45) is 0 Å². The second-order valence-corrected chi connectivity index (χ2v) is 7.18. The summed E-state index contributed by atoms with van der Waals surface area (Å²) in [5, 5.41) is 3.78. The molecule has 32 heavy (non-hydrogen) atoms. The van der Waals surface area contributed by atoms with E-state index in [0.717, 1.165) is 0 Å². The molecule has 0 bridgehead atoms. The first-order valence-corrected chi connectivity index (χ1v) is 9.96. The van der Waals surface area contributed by atoms with Gasteiger partial charge in [-0.05, 0) is 36.4 Å². The van der Waals surface area contributed by atoms with E-state index in [1.165, 1.54) is 19.2 Å². The van der Waals surface area contributed by atoms with Gasteiger partial charge in [-0.1, -0.05) is 16.8 Å². The molecule has 1 aromatic heterocycles. The van der Waals surface area contributed by atoms with E-state index in [2.05, 4.69) is 5.16 Å². The van der Waals surface area contributed by atoms with Gasteiger partial charge in [0, 0.05) is 24.1 Å². The van der Waals surface area contributed by atoms with E-state index in [4.69, 9.17) is 35.1 Å². The quantitative estimate of drug-likeness (QED) is 0.292. The summed E-state index contributed by atoms with van der Waals surface area (Å²) < 4.78 is 26.6. The molecule has 0 atom stereocenters. The molecule has 0 aliphatic carbocycles. The Hall–Kier alpha value is -3.78. The van der Waals surface area contributed by atoms with E-state index in [1.807, 2.05) is 0 Å². The molecule has 1 aliphatic heterocycles. The van der Waals surface area contributed by atoms with Gasteiger partial charge < -0.3 is 23.5 Å². The maximum absolute atomic E-state index is 12.7. The van der Waals surface area contributed by atoms with Gasteiger partial charge in [-0.15, -0.1) is 0 Å². The van der Waals surface area contributed by atoms with Crippen LogP contribution in [0.15, 0.2) is 52.7 Å². The predicted octanol–water partition coefficient (Wildman–Crippen LogP) is 4.50. The number of methoxy groups -OCH3 is 2. The summed E-state index contributed by atoms with van der Waals surface area (Å²) in [5.74, 6) is 1.59. The highest BCUT2D eigenvalue weighted by atomic mass is 35.5. The van der Waals surface area contributed by atoms with Crippen molar-refractivity contribution in [1.29, 1.82) is 0 Å². The smallest absolute Gasteiger partial charge is 0.311 e. The number of hydrogen-bond acceptors (Lipinski definition) is 8. The molecule has 0 unspecified atom stereocenters. The van der Waals surface area contributed by atoms with Crippen LogP contribution in [-0.2, 0) is 11.2 Å². The SMILES string of the molecule is COc1ccc(OC)c(/C=C2\Oc3cc(OC(=O)CCc4cc(Cl)no4)ccc3C2=O)c1. The van der Waals surface area contributed by atoms with Gasteiger partial charge >= 0.3 is 5.97 Å². The van der Waals surface area contributed by atoms with Crippen molar-refractivity contribution in [1.82, 2.24) is 5.16 Å². The van der Waals surface area contributed by atoms with Gasteiger partial charge in [0.25, 0.3) is 0 Å². The van der Waals surface area contributed by atoms with Crippen molar-refractivity contribution >= 4 is 29.4 Å². The molecule has 2 aromatic carbocycles. The number of carbonyl (C=O) groups is 2. The van der Waals surface area contributed by atoms with Crippen LogP contribution in [0, 0.1) is 0 Å². The lowest BCUT2D eigenvalue weighted by Gasteiger charge is -2.08. The van der Waals surface area contributed by atoms with Crippen molar-refractivity contribution in [2.75, 3.05) is 14.2 Å². The Labute approximate surface area is 188 Å². The van der Waals surface area contributed by atoms with Crippen LogP contribution in [0.1, 0.15) is 28.1 Å². The van der Waals surface area contributed by atoms with Crippen LogP contribution in [0.2, 0.25) is 5.15 Å². The zero-order valence-electron chi connectivity index (χ0n) is 17.2. The summed E-state index contributed by atoms with van der Waals surface area (Å²) >= 11 is 5.69. The number of aromatic nitrogens is 1. The van der Waals surface area contributed by atoms with Gasteiger partial charge in [0.15, 0.2) is 10.9 Å². The Kier molecular flexibility index (Phi) is 6.13. The van der Waals surface area contributed by atoms with Gasteiger partial charge in [0.2, 0.25) is 5.78 Å². The summed E-state index contributed by atoms with van der Waals surface area (Å²) in [4.78, 5) is 24.9. The molecular weight excluding hydrogens is 438 g/mol. The van der Waals surface area contributed by atoms with Gasteiger partial charge in [-0.25, -0.2) is 0 Å². The lowest BCUT2D eigenvalue weighted by atomic mass is 10.1. The molecule has 0 N–H and O–H groups in total. The number of esters is 1. The fourth-order valence-corrected chi connectivity index (χ4v) is 3.29. The van der Waals surface area contributed by atoms with Crippen LogP contribution in [0.4, 0.5) is 0 Å². The number of fused-ring (bicyclic) bond motifs is 1. The minimum Gasteiger partial charge on any atom is -0.497 e. The van der Waals surface area contributed by atoms with Crippen molar-refractivity contribution in [3.63, 3.8) is 0 Å². The van der Waals surface area contributed by atoms with Crippen LogP contribution in [0.25, 0.3) is 6.08 Å². The third kappa shape index (κ3) is 4.60. The molecule has 8 nitrogen and oxygen atoms in total. The molecule has 0 saturated heterocycles. The fourth-order valence-electron chi connectivity index (χ4n) is 3.14. The monoisotopic (exact) mass is 455 g/mol. The van der Waals surface area contributed by atoms with E-state index in [9.17, 15) is 9.59 Å². The number of rotatable bonds is 7. The number of halogens is 1. The highest BCUT2D eigenvalue weighted by Crippen LogP contribution is 2.36. The third-order valence-electron chi connectivity index (χ3n) is 4.70. The zero-order chi connectivity index (χ0) is 22.7. The van der Waals surface area contributed by atoms with Crippen molar-refractivity contribution in [3.8, 4) is 23.0 Å². The molecule has 164 valence electrons. The standard InChI is InChI=1S/C23H18ClNO7/c1-28-14-4-7-18(29-2)13(9-14)10-20-23(27)17-6-3-15(11-19(17)31-20)30-22(26)8-5-16-12-21(24)25-32-16/h3-4,6-7,9-12H,5,8H2,1-2H3/b20-10-. The van der Waals surface area contributed by atoms with Gasteiger partial charge in [0.1, 0.15) is 28.8 Å². The highest BCUT2D eigenvalue weighted by molar-refractivity contribution is 6.29. The number of Topliss-reactive ketones (excluding diaryl/α,β-unsaturated/α-hetero) is 1. The molecule has 0 fully saturated rings. The normalized spacial score (nSPS) is 13.6. The fraction of sp³-hybridized carbons (Fsp3) is 0.174. The Bertz CT molecular complexity index is 1210. The third-order valence-corrected chi connectivity index (χ3v) is 4.88. The molecule has 0 saturated carbocycles. The number of ketones is 1. The topological polar surface area (TPSA) is 97.1 Å². The molecule has 0 amide bonds. The summed E-state index contributed by atoms with van der Waals surface area (Å²) in [6.45, 7) is 0. The van der Waals surface area contributed by atoms with Crippen LogP contribution in [-0.4, -0.2) is 31.1 Å². The van der Waals surface area contributed by atoms with Crippen LogP contribution in [0.5, 0.6) is 23.0 Å². The minimum absolute atomic E-state index is 0.0726. The van der Waals surface area contributed by atoms with E-state index >= 15 is 0 Å². The number of hydrogen-bond donors (Lipinski definition) is 0. The number of aryl methyl sites for hydroxylation is 1. The lowest BCUT2D eigenvalue weighted by molar-refractivity contribution is -0.134. The average Bonchev–Trinajstić information content (AvgIpc) is 3.34. The van der Waals surface area contributed by atoms with Gasteiger partial charge in [0.05, 0.1) is 26.2 Å². The molecule has 9 heteroatoms. The molecule has 0 radical (unpaired) electrons. The van der Waals surface area contributed by atoms with Crippen molar-refractivity contribution in [2.45, 2.75) is 12.8 Å². The number of benzene rings is 2. The first-order valence-electron chi connectivity index (χ1n) is 9.59. The second-order valence-electron chi connectivity index (χ2n) is 6.80. The molecule has 0 spiro atoms. The average molecular weight is 456 g/mol. The van der Waals surface area contributed by atoms with E-state index < -0.39 is 5.97 Å². The molecular formula is C23H18ClNO7. The van der Waals surface area contributed by atoms with Crippen molar-refractivity contribution < 1.29 is 33.1 Å². The Morgan fingerprint density at radius 3 is 2.62 bits per heavy atom. The molecule has 3 aromatic rings. The maximum Gasteiger partial charge on any atom is 0.311 e. The van der Waals surface area contributed by atoms with Crippen LogP contribution < -0.4 is 18.9 Å². The van der Waals surface area contributed by atoms with Crippen LogP contribution in [0.3, 0.4) is 0 Å². The second kappa shape index (κ2) is 9.15. The molecule has 4 rings (SSSR count). The summed E-state index contributed by atoms with van der Waals surface area (Å²) in [7, 11) is 3.09. The summed E-state index contributed by atoms with van der Waals surface area (Å²) in [6.07, 6.45) is 1.95. The van der Waals surface area contributed by atoms with E-state index in [1.54, 1.807) is 43.5 Å². The zero-order valence-corrected chi connectivity index (χ0v) is 18.0. The van der Waals surface area contributed by atoms with Gasteiger partial charge in [-0.3, -0.25) is 9.59 Å². The predicted molar refractivity (Wildman–Crippen MR) is 114 cm³/mol. The van der Waals surface area contributed by atoms with Gasteiger partial charge in [-0.2, -0.15) is 0 Å². The first-order chi connectivity index (χ1) is 15.5. The highest BCUT2D eigenvalue weighted by Gasteiger charge is 2.28. The minimum atomic E-state index is -0.473. The lowest BCUT2D eigenvalue weighted by Crippen LogP contribution is -2.08. The summed E-state index contributed by atoms with van der Waals surface area (Å²) in [6, 6.07) is 11.4. The first kappa shape index (κ1) is 21.5. The molecule has 1 aliphatic rings. The van der Waals surface area contributed by atoms with E-state index in [-0.39, 0.29) is 28.9 Å². The maximum atomic E-state index is 12.7. The number of carbonyl (C=O) groups excluding carboxylic acids is 2. The van der Waals surface area contributed by atoms with E-state index in [0.29, 0.717) is 40.6 Å². The molecule has 2 heterocycles. The number of ether oxygens (including phenoxy) is 4.